The van der Waals surface area contributed by atoms with Crippen LogP contribution in [0.2, 0.25) is 0 Å². The van der Waals surface area contributed by atoms with Crippen LogP contribution in [0.4, 0.5) is 0 Å². The molecule has 1 atom stereocenters. The van der Waals surface area contributed by atoms with Crippen LogP contribution in [0, 0.1) is 6.92 Å². The van der Waals surface area contributed by atoms with Gasteiger partial charge in [0.25, 0.3) is 10.0 Å². The molecule has 0 heterocycles. The number of sulfonamides is 1. The maximum absolute atomic E-state index is 12.3. The summed E-state index contributed by atoms with van der Waals surface area (Å²) in [6, 6.07) is 11.3. The largest absolute Gasteiger partial charge is 0.508 e. The van der Waals surface area contributed by atoms with Crippen LogP contribution in [0.3, 0.4) is 0 Å². The van der Waals surface area contributed by atoms with E-state index in [9.17, 15) is 18.6 Å². The summed E-state index contributed by atoms with van der Waals surface area (Å²) < 4.78 is 24.6. The van der Waals surface area contributed by atoms with E-state index in [0.29, 0.717) is 12.8 Å². The van der Waals surface area contributed by atoms with E-state index in [-0.39, 0.29) is 22.3 Å². The van der Waals surface area contributed by atoms with Crippen molar-refractivity contribution in [3.8, 4) is 11.5 Å². The molecular formula is C19H22N2O4S. The highest BCUT2D eigenvalue weighted by molar-refractivity contribution is 7.89. The van der Waals surface area contributed by atoms with Gasteiger partial charge in [0.1, 0.15) is 11.5 Å². The molecule has 0 saturated carbocycles. The van der Waals surface area contributed by atoms with E-state index in [2.05, 4.69) is 10.3 Å². The van der Waals surface area contributed by atoms with Crippen molar-refractivity contribution in [3.63, 3.8) is 0 Å². The topological polar surface area (TPSA) is 98.7 Å². The van der Waals surface area contributed by atoms with Crippen molar-refractivity contribution in [1.29, 1.82) is 0 Å². The highest BCUT2D eigenvalue weighted by Crippen LogP contribution is 2.37. The molecule has 3 rings (SSSR count). The van der Waals surface area contributed by atoms with E-state index in [1.807, 2.05) is 13.0 Å². The fraction of sp³-hybridized carbons (Fsp3) is 0.263. The summed E-state index contributed by atoms with van der Waals surface area (Å²) >= 11 is 0. The van der Waals surface area contributed by atoms with Crippen LogP contribution >= 0.6 is 0 Å². The van der Waals surface area contributed by atoms with Gasteiger partial charge in [-0.05, 0) is 55.9 Å². The van der Waals surface area contributed by atoms with Gasteiger partial charge in [0.2, 0.25) is 0 Å². The Balaban J connectivity index is 1.62. The number of aryl methyl sites for hydroxylation is 1. The lowest BCUT2D eigenvalue weighted by Gasteiger charge is -2.24. The number of aromatic hydroxyl groups is 2. The monoisotopic (exact) mass is 374 g/mol. The summed E-state index contributed by atoms with van der Waals surface area (Å²) in [4.78, 5) is 2.62. The summed E-state index contributed by atoms with van der Waals surface area (Å²) in [6.07, 6.45) is 4.02. The number of phenolic OH excluding ortho intramolecular Hbond substituents is 2. The lowest BCUT2D eigenvalue weighted by molar-refractivity contribution is 0.436. The number of hydrazine groups is 1. The van der Waals surface area contributed by atoms with Crippen molar-refractivity contribution >= 4 is 10.0 Å². The van der Waals surface area contributed by atoms with Crippen LogP contribution in [0.15, 0.2) is 59.1 Å². The Bertz CT molecular complexity index is 921. The van der Waals surface area contributed by atoms with E-state index in [1.54, 1.807) is 36.4 Å². The molecule has 1 unspecified atom stereocenters. The van der Waals surface area contributed by atoms with Crippen LogP contribution < -0.4 is 10.3 Å². The molecule has 0 aliphatic heterocycles. The fourth-order valence-corrected chi connectivity index (χ4v) is 3.89. The van der Waals surface area contributed by atoms with Crippen LogP contribution in [0.5, 0.6) is 11.5 Å². The maximum atomic E-state index is 12.3. The maximum Gasteiger partial charge on any atom is 0.257 e. The predicted octanol–water partition coefficient (Wildman–Crippen LogP) is 3.04. The zero-order chi connectivity index (χ0) is 18.7. The van der Waals surface area contributed by atoms with Crippen LogP contribution in [0.25, 0.3) is 0 Å². The van der Waals surface area contributed by atoms with E-state index < -0.39 is 10.0 Å². The second-order valence-electron chi connectivity index (χ2n) is 6.49. The molecule has 1 aliphatic carbocycles. The third kappa shape index (κ3) is 4.17. The minimum atomic E-state index is -3.62. The number of rotatable bonds is 5. The Kier molecular flexibility index (Phi) is 5.20. The standard InChI is InChI=1S/C19H22N2O4S/c1-13-2-9-17(10-3-13)26(24,25)21-20-15-6-4-14(5-7-15)18-11-8-16(22)12-19(18)23/h2-3,6,8-12,14,20-23H,4-5,7H2,1H3. The molecule has 1 aliphatic rings. The van der Waals surface area contributed by atoms with Crippen molar-refractivity contribution in [2.75, 3.05) is 0 Å². The molecule has 0 bridgehead atoms. The number of hydrogen-bond donors (Lipinski definition) is 4. The summed E-state index contributed by atoms with van der Waals surface area (Å²) in [5.74, 6) is 0.250. The molecule has 0 saturated heterocycles. The molecule has 138 valence electrons. The van der Waals surface area contributed by atoms with Crippen LogP contribution in [-0.2, 0) is 10.0 Å². The molecule has 0 aromatic heterocycles. The second-order valence-corrected chi connectivity index (χ2v) is 8.17. The highest BCUT2D eigenvalue weighted by Gasteiger charge is 2.20. The minimum Gasteiger partial charge on any atom is -0.508 e. The minimum absolute atomic E-state index is 0.0328. The van der Waals surface area contributed by atoms with Crippen molar-refractivity contribution in [2.45, 2.75) is 37.0 Å². The third-order valence-electron chi connectivity index (χ3n) is 4.54. The fourth-order valence-electron chi connectivity index (χ4n) is 3.02. The second kappa shape index (κ2) is 7.39. The van der Waals surface area contributed by atoms with E-state index >= 15 is 0 Å². The van der Waals surface area contributed by atoms with Gasteiger partial charge >= 0.3 is 0 Å². The summed E-state index contributed by atoms with van der Waals surface area (Å²) in [5.41, 5.74) is 5.38. The lowest BCUT2D eigenvalue weighted by Crippen LogP contribution is -2.37. The number of phenols is 2. The number of benzene rings is 2. The van der Waals surface area contributed by atoms with Crippen LogP contribution in [-0.4, -0.2) is 18.6 Å². The van der Waals surface area contributed by atoms with Gasteiger partial charge in [-0.1, -0.05) is 29.8 Å². The first-order valence-corrected chi connectivity index (χ1v) is 9.89. The van der Waals surface area contributed by atoms with Crippen molar-refractivity contribution in [1.82, 2.24) is 10.3 Å². The van der Waals surface area contributed by atoms with Gasteiger partial charge in [-0.3, -0.25) is 0 Å². The number of allylic oxidation sites excluding steroid dienone is 2. The average molecular weight is 374 g/mol. The van der Waals surface area contributed by atoms with Crippen molar-refractivity contribution in [3.05, 3.63) is 65.4 Å². The molecule has 7 heteroatoms. The van der Waals surface area contributed by atoms with Gasteiger partial charge in [-0.2, -0.15) is 0 Å². The van der Waals surface area contributed by atoms with Gasteiger partial charge in [0.15, 0.2) is 0 Å². The molecular weight excluding hydrogens is 352 g/mol. The third-order valence-corrected chi connectivity index (χ3v) is 5.81. The smallest absolute Gasteiger partial charge is 0.257 e. The van der Waals surface area contributed by atoms with Gasteiger partial charge in [0.05, 0.1) is 4.90 Å². The predicted molar refractivity (Wildman–Crippen MR) is 99.1 cm³/mol. The van der Waals surface area contributed by atoms with Gasteiger partial charge in [-0.15, -0.1) is 4.83 Å². The van der Waals surface area contributed by atoms with E-state index in [4.69, 9.17) is 0 Å². The zero-order valence-corrected chi connectivity index (χ0v) is 15.3. The molecule has 2 aromatic carbocycles. The Morgan fingerprint density at radius 3 is 2.42 bits per heavy atom. The average Bonchev–Trinajstić information content (AvgIpc) is 2.61. The first-order chi connectivity index (χ1) is 12.3. The van der Waals surface area contributed by atoms with Crippen LogP contribution in [0.1, 0.15) is 36.3 Å². The summed E-state index contributed by atoms with van der Waals surface area (Å²) in [6.45, 7) is 1.90. The Hall–Kier alpha value is -2.51. The Morgan fingerprint density at radius 2 is 1.81 bits per heavy atom. The normalized spacial score (nSPS) is 17.6. The highest BCUT2D eigenvalue weighted by atomic mass is 32.2. The SMILES string of the molecule is Cc1ccc(S(=O)(=O)NNC2=CCC(c3ccc(O)cc3O)CC2)cc1. The summed E-state index contributed by atoms with van der Waals surface area (Å²) in [7, 11) is -3.62. The van der Waals surface area contributed by atoms with E-state index in [0.717, 1.165) is 23.2 Å². The first kappa shape index (κ1) is 18.3. The molecule has 0 spiro atoms. The number of hydrogen-bond acceptors (Lipinski definition) is 5. The zero-order valence-electron chi connectivity index (χ0n) is 14.4. The van der Waals surface area contributed by atoms with Gasteiger partial charge in [0, 0.05) is 11.8 Å². The summed E-state index contributed by atoms with van der Waals surface area (Å²) in [5, 5.41) is 19.4. The lowest BCUT2D eigenvalue weighted by atomic mass is 9.86. The van der Waals surface area contributed by atoms with Crippen molar-refractivity contribution < 1.29 is 18.6 Å². The van der Waals surface area contributed by atoms with Gasteiger partial charge in [-0.25, -0.2) is 8.42 Å². The molecule has 2 aromatic rings. The first-order valence-electron chi connectivity index (χ1n) is 8.40. The Morgan fingerprint density at radius 1 is 1.08 bits per heavy atom. The molecule has 6 nitrogen and oxygen atoms in total. The van der Waals surface area contributed by atoms with Gasteiger partial charge < -0.3 is 15.6 Å². The molecule has 4 N–H and O–H groups in total. The quantitative estimate of drug-likeness (QED) is 0.603. The number of nitrogens with one attached hydrogen (secondary N) is 2. The molecule has 0 radical (unpaired) electrons. The Labute approximate surface area is 153 Å². The molecule has 26 heavy (non-hydrogen) atoms. The van der Waals surface area contributed by atoms with Crippen molar-refractivity contribution in [2.24, 2.45) is 0 Å². The van der Waals surface area contributed by atoms with E-state index in [1.165, 1.54) is 6.07 Å². The molecule has 0 fully saturated rings. The molecule has 0 amide bonds.